The van der Waals surface area contributed by atoms with Crippen LogP contribution in [-0.2, 0) is 6.18 Å². The second-order valence-corrected chi connectivity index (χ2v) is 4.56. The van der Waals surface area contributed by atoms with Crippen molar-refractivity contribution in [2.45, 2.75) is 19.1 Å². The third kappa shape index (κ3) is 2.82. The van der Waals surface area contributed by atoms with Gasteiger partial charge in [0, 0.05) is 31.4 Å². The van der Waals surface area contributed by atoms with Gasteiger partial charge in [-0.05, 0) is 19.1 Å². The van der Waals surface area contributed by atoms with Gasteiger partial charge < -0.3 is 10.2 Å². The van der Waals surface area contributed by atoms with Crippen LogP contribution in [0.3, 0.4) is 0 Å². The van der Waals surface area contributed by atoms with Crippen molar-refractivity contribution in [3.05, 3.63) is 35.2 Å². The minimum atomic E-state index is -4.49. The van der Waals surface area contributed by atoms with Crippen LogP contribution in [0.4, 0.5) is 24.5 Å². The quantitative estimate of drug-likeness (QED) is 0.790. The van der Waals surface area contributed by atoms with Crippen molar-refractivity contribution >= 4 is 11.4 Å². The van der Waals surface area contributed by atoms with E-state index >= 15 is 0 Å². The molecule has 1 fully saturated rings. The van der Waals surface area contributed by atoms with Crippen LogP contribution >= 0.6 is 0 Å². The number of rotatable bonds is 1. The molecule has 1 unspecified atom stereocenters. The van der Waals surface area contributed by atoms with Crippen LogP contribution in [-0.4, -0.2) is 25.7 Å². The molecule has 0 spiro atoms. The highest BCUT2D eigenvalue weighted by Crippen LogP contribution is 2.39. The SMILES string of the molecule is [C-]#[N+]c1ccc(N2CCNCC2C)cc1C(F)(F)F. The summed E-state index contributed by atoms with van der Waals surface area (Å²) in [4.78, 5) is 4.87. The summed E-state index contributed by atoms with van der Waals surface area (Å²) in [6, 6.07) is 4.05. The molecule has 2 rings (SSSR count). The van der Waals surface area contributed by atoms with E-state index < -0.39 is 11.7 Å². The van der Waals surface area contributed by atoms with E-state index in [1.807, 2.05) is 11.8 Å². The van der Waals surface area contributed by atoms with Crippen molar-refractivity contribution in [3.8, 4) is 0 Å². The fourth-order valence-corrected chi connectivity index (χ4v) is 2.25. The van der Waals surface area contributed by atoms with Crippen molar-refractivity contribution in [3.63, 3.8) is 0 Å². The number of halogens is 3. The minimum Gasteiger partial charge on any atom is -0.366 e. The minimum absolute atomic E-state index is 0.133. The number of piperazine rings is 1. The van der Waals surface area contributed by atoms with Crippen molar-refractivity contribution in [1.82, 2.24) is 5.32 Å². The van der Waals surface area contributed by atoms with Gasteiger partial charge in [0.25, 0.3) is 0 Å². The number of hydrogen-bond donors (Lipinski definition) is 1. The molecule has 0 aromatic heterocycles. The van der Waals surface area contributed by atoms with E-state index in [0.29, 0.717) is 12.2 Å². The predicted octanol–water partition coefficient (Wildman–Crippen LogP) is 3.05. The van der Waals surface area contributed by atoms with E-state index in [1.54, 1.807) is 6.07 Å². The van der Waals surface area contributed by atoms with E-state index in [0.717, 1.165) is 19.2 Å². The topological polar surface area (TPSA) is 19.6 Å². The van der Waals surface area contributed by atoms with Gasteiger partial charge in [0.2, 0.25) is 0 Å². The first kappa shape index (κ1) is 13.7. The summed E-state index contributed by atoms with van der Waals surface area (Å²) in [7, 11) is 0. The van der Waals surface area contributed by atoms with E-state index in [9.17, 15) is 13.2 Å². The molecule has 0 saturated carbocycles. The Labute approximate surface area is 109 Å². The fourth-order valence-electron chi connectivity index (χ4n) is 2.25. The second-order valence-electron chi connectivity index (χ2n) is 4.56. The van der Waals surface area contributed by atoms with Crippen molar-refractivity contribution in [2.24, 2.45) is 0 Å². The number of nitrogens with one attached hydrogen (secondary N) is 1. The normalized spacial score (nSPS) is 20.2. The Hall–Kier alpha value is -1.74. The Kier molecular flexibility index (Phi) is 3.67. The van der Waals surface area contributed by atoms with Crippen molar-refractivity contribution in [2.75, 3.05) is 24.5 Å². The molecule has 1 heterocycles. The van der Waals surface area contributed by atoms with Crippen LogP contribution in [0.25, 0.3) is 4.85 Å². The van der Waals surface area contributed by atoms with Crippen LogP contribution in [0, 0.1) is 6.57 Å². The van der Waals surface area contributed by atoms with E-state index in [-0.39, 0.29) is 11.7 Å². The lowest BCUT2D eigenvalue weighted by molar-refractivity contribution is -0.136. The fraction of sp³-hybridized carbons (Fsp3) is 0.462. The van der Waals surface area contributed by atoms with Gasteiger partial charge in [0.15, 0.2) is 5.69 Å². The Morgan fingerprint density at radius 2 is 2.16 bits per heavy atom. The lowest BCUT2D eigenvalue weighted by Crippen LogP contribution is -2.49. The first-order valence-electron chi connectivity index (χ1n) is 5.99. The molecule has 0 radical (unpaired) electrons. The lowest BCUT2D eigenvalue weighted by Gasteiger charge is -2.36. The maximum absolute atomic E-state index is 12.9. The summed E-state index contributed by atoms with van der Waals surface area (Å²) in [6.45, 7) is 10.9. The molecule has 3 nitrogen and oxygen atoms in total. The number of alkyl halides is 3. The molecule has 0 amide bonds. The van der Waals surface area contributed by atoms with Gasteiger partial charge in [-0.2, -0.15) is 13.2 Å². The molecular weight excluding hydrogens is 255 g/mol. The average molecular weight is 269 g/mol. The van der Waals surface area contributed by atoms with Crippen molar-refractivity contribution in [1.29, 1.82) is 0 Å². The molecule has 0 aliphatic carbocycles. The van der Waals surface area contributed by atoms with E-state index in [4.69, 9.17) is 6.57 Å². The largest absolute Gasteiger partial charge is 0.407 e. The summed E-state index contributed by atoms with van der Waals surface area (Å²) >= 11 is 0. The van der Waals surface area contributed by atoms with Gasteiger partial charge in [0.1, 0.15) is 0 Å². The molecule has 19 heavy (non-hydrogen) atoms. The van der Waals surface area contributed by atoms with Crippen LogP contribution in [0.5, 0.6) is 0 Å². The zero-order valence-corrected chi connectivity index (χ0v) is 10.5. The molecule has 1 saturated heterocycles. The smallest absolute Gasteiger partial charge is 0.366 e. The highest BCUT2D eigenvalue weighted by Gasteiger charge is 2.34. The molecule has 6 heteroatoms. The molecule has 1 aromatic rings. The van der Waals surface area contributed by atoms with Crippen LogP contribution in [0.15, 0.2) is 18.2 Å². The third-order valence-electron chi connectivity index (χ3n) is 3.24. The molecular formula is C13H14F3N3. The molecule has 102 valence electrons. The molecule has 1 aliphatic rings. The zero-order chi connectivity index (χ0) is 14.0. The predicted molar refractivity (Wildman–Crippen MR) is 67.4 cm³/mol. The Morgan fingerprint density at radius 3 is 2.74 bits per heavy atom. The zero-order valence-electron chi connectivity index (χ0n) is 10.5. The number of nitrogens with zero attached hydrogens (tertiary/aromatic N) is 2. The standard InChI is InChI=1S/C13H14F3N3/c1-9-8-18-5-6-19(9)10-3-4-12(17-2)11(7-10)13(14,15)16/h3-4,7,9,18H,5-6,8H2,1H3. The lowest BCUT2D eigenvalue weighted by atomic mass is 10.1. The number of hydrogen-bond acceptors (Lipinski definition) is 2. The molecule has 1 N–H and O–H groups in total. The van der Waals surface area contributed by atoms with Gasteiger partial charge in [-0.1, -0.05) is 6.07 Å². The summed E-state index contributed by atoms with van der Waals surface area (Å²) < 4.78 is 38.7. The molecule has 0 bridgehead atoms. The molecule has 1 aromatic carbocycles. The Morgan fingerprint density at radius 1 is 1.42 bits per heavy atom. The first-order valence-corrected chi connectivity index (χ1v) is 5.99. The van der Waals surface area contributed by atoms with Crippen LogP contribution < -0.4 is 10.2 Å². The second kappa shape index (κ2) is 5.10. The van der Waals surface area contributed by atoms with Gasteiger partial charge in [-0.15, -0.1) is 0 Å². The number of benzene rings is 1. The summed E-state index contributed by atoms with van der Waals surface area (Å²) in [5.74, 6) is 0. The Balaban J connectivity index is 2.41. The highest BCUT2D eigenvalue weighted by molar-refractivity contribution is 5.62. The monoisotopic (exact) mass is 269 g/mol. The third-order valence-corrected chi connectivity index (χ3v) is 3.24. The summed E-state index contributed by atoms with van der Waals surface area (Å²) in [5, 5.41) is 3.19. The van der Waals surface area contributed by atoms with Gasteiger partial charge >= 0.3 is 6.18 Å². The van der Waals surface area contributed by atoms with E-state index in [1.165, 1.54) is 6.07 Å². The average Bonchev–Trinajstić information content (AvgIpc) is 2.37. The van der Waals surface area contributed by atoms with Crippen LogP contribution in [0.2, 0.25) is 0 Å². The first-order chi connectivity index (χ1) is 8.93. The van der Waals surface area contributed by atoms with Crippen LogP contribution in [0.1, 0.15) is 12.5 Å². The Bertz CT molecular complexity index is 505. The maximum Gasteiger partial charge on any atom is 0.407 e. The molecule has 1 aliphatic heterocycles. The molecule has 1 atom stereocenters. The number of anilines is 1. The highest BCUT2D eigenvalue weighted by atomic mass is 19.4. The maximum atomic E-state index is 12.9. The van der Waals surface area contributed by atoms with Gasteiger partial charge in [-0.25, -0.2) is 4.85 Å². The van der Waals surface area contributed by atoms with Gasteiger partial charge in [0.05, 0.1) is 12.1 Å². The summed E-state index contributed by atoms with van der Waals surface area (Å²) in [6.07, 6.45) is -4.49. The van der Waals surface area contributed by atoms with Crippen molar-refractivity contribution < 1.29 is 13.2 Å². The van der Waals surface area contributed by atoms with E-state index in [2.05, 4.69) is 10.2 Å². The summed E-state index contributed by atoms with van der Waals surface area (Å²) in [5.41, 5.74) is -0.682. The van der Waals surface area contributed by atoms with Gasteiger partial charge in [-0.3, -0.25) is 0 Å².